The Bertz CT molecular complexity index is 1270. The number of halogens is 2. The number of rotatable bonds is 10. The third-order valence-corrected chi connectivity index (χ3v) is 6.26. The SMILES string of the molecule is C=C(N/C(C(=O)c1ccc(N(C)C(=O)C2C(C(=O)O)C2(F)F)cc1)=C(\C)N)OC(C)c1ccccc1C. The van der Waals surface area contributed by atoms with E-state index in [-0.39, 0.29) is 34.6 Å². The van der Waals surface area contributed by atoms with Crippen LogP contribution in [-0.2, 0) is 14.3 Å². The lowest BCUT2D eigenvalue weighted by Gasteiger charge is -2.21. The number of aryl methyl sites for hydroxylation is 1. The van der Waals surface area contributed by atoms with E-state index in [2.05, 4.69) is 11.9 Å². The second-order valence-corrected chi connectivity index (χ2v) is 8.96. The van der Waals surface area contributed by atoms with Crippen LogP contribution in [0.5, 0.6) is 0 Å². The standard InChI is InChI=1S/C27H29F2N3O5/c1-14-8-6-7-9-20(14)16(3)37-17(4)31-23(15(2)30)24(33)18-10-12-19(13-11-18)32(5)25(34)21-22(26(35)36)27(21,28)29/h6-13,16,21-22,31H,4,30H2,1-3,5H3,(H,35,36)/b23-15+. The summed E-state index contributed by atoms with van der Waals surface area (Å²) < 4.78 is 33.4. The van der Waals surface area contributed by atoms with Crippen LogP contribution in [0.2, 0.25) is 0 Å². The number of carboxylic acid groups (broad SMARTS) is 1. The Labute approximate surface area is 213 Å². The van der Waals surface area contributed by atoms with Crippen molar-refractivity contribution in [1.29, 1.82) is 0 Å². The first kappa shape index (κ1) is 27.4. The zero-order valence-electron chi connectivity index (χ0n) is 20.9. The molecule has 4 N–H and O–H groups in total. The molecule has 3 unspecified atom stereocenters. The molecule has 0 aromatic heterocycles. The number of nitrogens with two attached hydrogens (primary N) is 1. The molecule has 0 saturated heterocycles. The molecular formula is C27H29F2N3O5. The first-order chi connectivity index (χ1) is 17.3. The molecule has 0 aliphatic heterocycles. The fraction of sp³-hybridized carbons (Fsp3) is 0.296. The normalized spacial score (nSPS) is 19.2. The van der Waals surface area contributed by atoms with Crippen LogP contribution < -0.4 is 16.0 Å². The summed E-state index contributed by atoms with van der Waals surface area (Å²) in [5, 5.41) is 11.7. The maximum atomic E-state index is 13.8. The Balaban J connectivity index is 1.69. The van der Waals surface area contributed by atoms with Gasteiger partial charge in [-0.2, -0.15) is 0 Å². The second-order valence-electron chi connectivity index (χ2n) is 8.96. The van der Waals surface area contributed by atoms with Gasteiger partial charge in [-0.25, -0.2) is 8.78 Å². The van der Waals surface area contributed by atoms with Crippen LogP contribution in [0.3, 0.4) is 0 Å². The van der Waals surface area contributed by atoms with Gasteiger partial charge in [0.15, 0.2) is 5.88 Å². The number of carboxylic acids is 1. The molecule has 1 amide bonds. The number of carbonyl (C=O) groups is 3. The molecule has 196 valence electrons. The van der Waals surface area contributed by atoms with Gasteiger partial charge in [-0.15, -0.1) is 0 Å². The van der Waals surface area contributed by atoms with Crippen molar-refractivity contribution >= 4 is 23.3 Å². The van der Waals surface area contributed by atoms with E-state index in [0.717, 1.165) is 16.0 Å². The molecule has 1 fully saturated rings. The lowest BCUT2D eigenvalue weighted by atomic mass is 10.0. The maximum Gasteiger partial charge on any atom is 0.313 e. The van der Waals surface area contributed by atoms with Crippen LogP contribution in [0.15, 0.2) is 72.4 Å². The third kappa shape index (κ3) is 5.63. The van der Waals surface area contributed by atoms with Crippen molar-refractivity contribution < 1.29 is 33.0 Å². The summed E-state index contributed by atoms with van der Waals surface area (Å²) in [5.41, 5.74) is 8.59. The fourth-order valence-electron chi connectivity index (χ4n) is 4.08. The van der Waals surface area contributed by atoms with Gasteiger partial charge in [-0.1, -0.05) is 24.3 Å². The van der Waals surface area contributed by atoms with Crippen molar-refractivity contribution in [1.82, 2.24) is 5.32 Å². The van der Waals surface area contributed by atoms with Crippen molar-refractivity contribution in [3.63, 3.8) is 0 Å². The summed E-state index contributed by atoms with van der Waals surface area (Å²) in [7, 11) is 1.26. The van der Waals surface area contributed by atoms with Gasteiger partial charge < -0.3 is 25.8 Å². The minimum atomic E-state index is -3.60. The highest BCUT2D eigenvalue weighted by Crippen LogP contribution is 2.56. The van der Waals surface area contributed by atoms with E-state index >= 15 is 0 Å². The van der Waals surface area contributed by atoms with E-state index in [1.807, 2.05) is 38.1 Å². The fourth-order valence-corrected chi connectivity index (χ4v) is 4.08. The zero-order valence-corrected chi connectivity index (χ0v) is 20.9. The molecule has 1 aliphatic rings. The number of carbonyl (C=O) groups excluding carboxylic acids is 2. The minimum Gasteiger partial charge on any atom is -0.481 e. The molecular weight excluding hydrogens is 484 g/mol. The third-order valence-electron chi connectivity index (χ3n) is 6.26. The summed E-state index contributed by atoms with van der Waals surface area (Å²) in [6.45, 7) is 9.18. The number of nitrogens with one attached hydrogen (secondary N) is 1. The van der Waals surface area contributed by atoms with Gasteiger partial charge in [0.1, 0.15) is 23.6 Å². The summed E-state index contributed by atoms with van der Waals surface area (Å²) in [5.74, 6) is -10.7. The van der Waals surface area contributed by atoms with Gasteiger partial charge in [-0.3, -0.25) is 14.4 Å². The Morgan fingerprint density at radius 2 is 1.73 bits per heavy atom. The van der Waals surface area contributed by atoms with Gasteiger partial charge >= 0.3 is 5.97 Å². The molecule has 10 heteroatoms. The number of amides is 1. The summed E-state index contributed by atoms with van der Waals surface area (Å²) >= 11 is 0. The van der Waals surface area contributed by atoms with Crippen LogP contribution in [0.1, 0.15) is 41.4 Å². The van der Waals surface area contributed by atoms with Gasteiger partial charge in [0.2, 0.25) is 11.7 Å². The van der Waals surface area contributed by atoms with Crippen molar-refractivity contribution in [2.24, 2.45) is 17.6 Å². The highest BCUT2D eigenvalue weighted by atomic mass is 19.3. The molecule has 8 nitrogen and oxygen atoms in total. The van der Waals surface area contributed by atoms with E-state index in [1.165, 1.54) is 38.2 Å². The van der Waals surface area contributed by atoms with Crippen molar-refractivity contribution in [2.45, 2.75) is 32.8 Å². The van der Waals surface area contributed by atoms with Gasteiger partial charge in [-0.05, 0) is 62.7 Å². The Hall–Kier alpha value is -4.21. The van der Waals surface area contributed by atoms with Gasteiger partial charge in [0.25, 0.3) is 5.92 Å². The predicted molar refractivity (Wildman–Crippen MR) is 134 cm³/mol. The number of hydrogen-bond acceptors (Lipinski definition) is 6. The quantitative estimate of drug-likeness (QED) is 0.248. The molecule has 3 atom stereocenters. The molecule has 1 aliphatic carbocycles. The number of ketones is 1. The molecule has 1 saturated carbocycles. The number of Topliss-reactive ketones (excluding diaryl/α,β-unsaturated/α-hetero) is 1. The van der Waals surface area contributed by atoms with E-state index in [1.54, 1.807) is 0 Å². The predicted octanol–water partition coefficient (Wildman–Crippen LogP) is 4.14. The number of ether oxygens (including phenoxy) is 1. The first-order valence-corrected chi connectivity index (χ1v) is 11.4. The molecule has 0 radical (unpaired) electrons. The van der Waals surface area contributed by atoms with Crippen molar-refractivity contribution in [2.75, 3.05) is 11.9 Å². The topological polar surface area (TPSA) is 122 Å². The molecule has 0 bridgehead atoms. The van der Waals surface area contributed by atoms with E-state index in [0.29, 0.717) is 0 Å². The number of nitrogens with zero attached hydrogens (tertiary/aromatic N) is 1. The summed E-state index contributed by atoms with van der Waals surface area (Å²) in [6, 6.07) is 13.3. The Kier molecular flexibility index (Phi) is 7.71. The van der Waals surface area contributed by atoms with E-state index in [9.17, 15) is 23.2 Å². The molecule has 3 rings (SSSR count). The van der Waals surface area contributed by atoms with Crippen LogP contribution in [0.25, 0.3) is 0 Å². The highest BCUT2D eigenvalue weighted by Gasteiger charge is 2.76. The number of hydrogen-bond donors (Lipinski definition) is 3. The minimum absolute atomic E-state index is 0.0427. The number of alkyl halides is 2. The van der Waals surface area contributed by atoms with Crippen LogP contribution in [-0.4, -0.2) is 35.7 Å². The average molecular weight is 514 g/mol. The van der Waals surface area contributed by atoms with E-state index in [4.69, 9.17) is 15.6 Å². The number of anilines is 1. The molecule has 0 spiro atoms. The van der Waals surface area contributed by atoms with Crippen molar-refractivity contribution in [3.8, 4) is 0 Å². The summed E-state index contributed by atoms with van der Waals surface area (Å²) in [4.78, 5) is 37.5. The van der Waals surface area contributed by atoms with Gasteiger partial charge in [0, 0.05) is 24.0 Å². The smallest absolute Gasteiger partial charge is 0.313 e. The average Bonchev–Trinajstić information content (AvgIpc) is 3.43. The zero-order chi connectivity index (χ0) is 27.7. The molecule has 2 aromatic carbocycles. The number of allylic oxidation sites excluding steroid dienone is 2. The monoisotopic (exact) mass is 513 g/mol. The first-order valence-electron chi connectivity index (χ1n) is 11.4. The molecule has 2 aromatic rings. The van der Waals surface area contributed by atoms with Gasteiger partial charge in [0.05, 0.1) is 0 Å². The lowest BCUT2D eigenvalue weighted by Crippen LogP contribution is -2.30. The Morgan fingerprint density at radius 3 is 2.24 bits per heavy atom. The lowest BCUT2D eigenvalue weighted by molar-refractivity contribution is -0.141. The van der Waals surface area contributed by atoms with Crippen LogP contribution in [0.4, 0.5) is 14.5 Å². The van der Waals surface area contributed by atoms with Crippen LogP contribution >= 0.6 is 0 Å². The van der Waals surface area contributed by atoms with Crippen molar-refractivity contribution in [3.05, 3.63) is 89.1 Å². The summed E-state index contributed by atoms with van der Waals surface area (Å²) in [6.07, 6.45) is -0.345. The second kappa shape index (κ2) is 10.4. The molecule has 37 heavy (non-hydrogen) atoms. The van der Waals surface area contributed by atoms with E-state index < -0.39 is 35.4 Å². The highest BCUT2D eigenvalue weighted by molar-refractivity contribution is 6.09. The number of benzene rings is 2. The molecule has 0 heterocycles. The number of aliphatic carboxylic acids is 1. The maximum absolute atomic E-state index is 13.8. The van der Waals surface area contributed by atoms with Crippen LogP contribution in [0, 0.1) is 18.8 Å². The largest absolute Gasteiger partial charge is 0.481 e. The Morgan fingerprint density at radius 1 is 1.14 bits per heavy atom.